The Bertz CT molecular complexity index is 890. The number of imidazole rings is 1. The van der Waals surface area contributed by atoms with Crippen molar-refractivity contribution in [1.29, 1.82) is 0 Å². The van der Waals surface area contributed by atoms with Crippen LogP contribution in [0.4, 0.5) is 0 Å². The highest BCUT2D eigenvalue weighted by atomic mass is 16.2. The topological polar surface area (TPSA) is 65.1 Å². The molecule has 1 aliphatic rings. The van der Waals surface area contributed by atoms with Gasteiger partial charge in [0.1, 0.15) is 5.82 Å². The Hall–Kier alpha value is -2.73. The van der Waals surface area contributed by atoms with Crippen LogP contribution in [0.25, 0.3) is 11.0 Å². The zero-order valence-corrected chi connectivity index (χ0v) is 16.3. The monoisotopic (exact) mass is 377 g/mol. The second-order valence-electron chi connectivity index (χ2n) is 7.78. The minimum Gasteiger partial charge on any atom is -0.342 e. The van der Waals surface area contributed by atoms with E-state index in [9.17, 15) is 4.79 Å². The van der Waals surface area contributed by atoms with Gasteiger partial charge in [0.15, 0.2) is 0 Å². The molecule has 6 heteroatoms. The molecule has 0 spiro atoms. The van der Waals surface area contributed by atoms with E-state index in [1.807, 2.05) is 42.3 Å². The van der Waals surface area contributed by atoms with Gasteiger partial charge in [-0.05, 0) is 55.6 Å². The maximum absolute atomic E-state index is 12.8. The molecular weight excluding hydrogens is 350 g/mol. The first-order valence-electron chi connectivity index (χ1n) is 9.96. The normalized spacial score (nSPS) is 17.4. The van der Waals surface area contributed by atoms with Crippen molar-refractivity contribution in [3.8, 4) is 0 Å². The van der Waals surface area contributed by atoms with Crippen LogP contribution in [0.2, 0.25) is 0 Å². The van der Waals surface area contributed by atoms with Crippen molar-refractivity contribution >= 4 is 16.9 Å². The molecule has 4 rings (SSSR count). The van der Waals surface area contributed by atoms with Crippen molar-refractivity contribution in [3.05, 3.63) is 60.2 Å². The number of aromatic amines is 1. The molecule has 0 saturated carbocycles. The standard InChI is InChI=1S/C22H27N5O/c1-26(14-17-8-10-23-11-9-17)16-22(28)27-12-4-5-18(15-27)13-21-24-19-6-2-3-7-20(19)25-21/h2-3,6-11,18H,4-5,12-16H2,1H3,(H,24,25)/t18-/m0/s1. The first-order valence-corrected chi connectivity index (χ1v) is 9.96. The van der Waals surface area contributed by atoms with E-state index in [1.54, 1.807) is 12.4 Å². The van der Waals surface area contributed by atoms with Crippen LogP contribution in [0.1, 0.15) is 24.2 Å². The molecule has 0 aliphatic carbocycles. The van der Waals surface area contributed by atoms with Crippen LogP contribution in [0.15, 0.2) is 48.8 Å². The van der Waals surface area contributed by atoms with Gasteiger partial charge in [0.05, 0.1) is 17.6 Å². The number of carbonyl (C=O) groups is 1. The largest absolute Gasteiger partial charge is 0.342 e. The Labute approximate surface area is 165 Å². The molecule has 1 saturated heterocycles. The van der Waals surface area contributed by atoms with Crippen LogP contribution in [-0.4, -0.2) is 57.3 Å². The van der Waals surface area contributed by atoms with E-state index in [1.165, 1.54) is 5.56 Å². The van der Waals surface area contributed by atoms with Gasteiger partial charge < -0.3 is 9.88 Å². The first-order chi connectivity index (χ1) is 13.7. The third-order valence-corrected chi connectivity index (χ3v) is 5.40. The van der Waals surface area contributed by atoms with Gasteiger partial charge in [-0.25, -0.2) is 4.98 Å². The van der Waals surface area contributed by atoms with E-state index in [4.69, 9.17) is 4.98 Å². The number of hydrogen-bond acceptors (Lipinski definition) is 4. The van der Waals surface area contributed by atoms with Crippen molar-refractivity contribution in [3.63, 3.8) is 0 Å². The number of nitrogens with zero attached hydrogens (tertiary/aromatic N) is 4. The van der Waals surface area contributed by atoms with E-state index < -0.39 is 0 Å². The number of carbonyl (C=O) groups excluding carboxylic acids is 1. The summed E-state index contributed by atoms with van der Waals surface area (Å²) in [6, 6.07) is 12.1. The lowest BCUT2D eigenvalue weighted by molar-refractivity contribution is -0.134. The first kappa shape index (κ1) is 18.6. The number of hydrogen-bond donors (Lipinski definition) is 1. The van der Waals surface area contributed by atoms with Crippen molar-refractivity contribution in [1.82, 2.24) is 24.8 Å². The number of para-hydroxylation sites is 2. The van der Waals surface area contributed by atoms with Gasteiger partial charge in [0.25, 0.3) is 0 Å². The van der Waals surface area contributed by atoms with Gasteiger partial charge in [-0.15, -0.1) is 0 Å². The molecule has 1 amide bonds. The van der Waals surface area contributed by atoms with Crippen molar-refractivity contribution < 1.29 is 4.79 Å². The summed E-state index contributed by atoms with van der Waals surface area (Å²) in [6.07, 6.45) is 6.68. The van der Waals surface area contributed by atoms with Crippen LogP contribution < -0.4 is 0 Å². The number of likely N-dealkylation sites (tertiary alicyclic amines) is 1. The van der Waals surface area contributed by atoms with Crippen molar-refractivity contribution in [2.24, 2.45) is 5.92 Å². The number of likely N-dealkylation sites (N-methyl/N-ethyl adjacent to an activating group) is 1. The SMILES string of the molecule is CN(CC(=O)N1CCC[C@@H](Cc2nc3ccccc3[nH]2)C1)Cc1ccncc1. The van der Waals surface area contributed by atoms with E-state index >= 15 is 0 Å². The fraction of sp³-hybridized carbons (Fsp3) is 0.409. The predicted octanol–water partition coefficient (Wildman–Crippen LogP) is 2.87. The fourth-order valence-electron chi connectivity index (χ4n) is 4.02. The Morgan fingerprint density at radius 1 is 1.25 bits per heavy atom. The van der Waals surface area contributed by atoms with Gasteiger partial charge in [-0.1, -0.05) is 12.1 Å². The highest BCUT2D eigenvalue weighted by molar-refractivity contribution is 5.78. The molecule has 0 bridgehead atoms. The average molecular weight is 377 g/mol. The van der Waals surface area contributed by atoms with Crippen molar-refractivity contribution in [2.45, 2.75) is 25.8 Å². The molecule has 1 N–H and O–H groups in total. The maximum atomic E-state index is 12.8. The number of aromatic nitrogens is 3. The van der Waals surface area contributed by atoms with Crippen LogP contribution in [-0.2, 0) is 17.8 Å². The van der Waals surface area contributed by atoms with E-state index in [0.29, 0.717) is 12.5 Å². The molecule has 6 nitrogen and oxygen atoms in total. The second-order valence-corrected chi connectivity index (χ2v) is 7.78. The minimum absolute atomic E-state index is 0.214. The Kier molecular flexibility index (Phi) is 5.67. The molecule has 1 aromatic carbocycles. The number of pyridine rings is 1. The molecule has 1 aliphatic heterocycles. The Morgan fingerprint density at radius 2 is 2.07 bits per heavy atom. The molecule has 2 aromatic heterocycles. The maximum Gasteiger partial charge on any atom is 0.236 e. The third-order valence-electron chi connectivity index (χ3n) is 5.40. The molecule has 146 valence electrons. The molecule has 1 atom stereocenters. The molecule has 28 heavy (non-hydrogen) atoms. The number of fused-ring (bicyclic) bond motifs is 1. The lowest BCUT2D eigenvalue weighted by atomic mass is 9.94. The highest BCUT2D eigenvalue weighted by Crippen LogP contribution is 2.21. The van der Waals surface area contributed by atoms with Crippen molar-refractivity contribution in [2.75, 3.05) is 26.7 Å². The highest BCUT2D eigenvalue weighted by Gasteiger charge is 2.25. The number of nitrogens with one attached hydrogen (secondary N) is 1. The summed E-state index contributed by atoms with van der Waals surface area (Å²) in [4.78, 5) is 29.0. The second kappa shape index (κ2) is 8.52. The lowest BCUT2D eigenvalue weighted by Gasteiger charge is -2.33. The summed E-state index contributed by atoms with van der Waals surface area (Å²) < 4.78 is 0. The van der Waals surface area contributed by atoms with E-state index in [-0.39, 0.29) is 5.91 Å². The number of benzene rings is 1. The van der Waals surface area contributed by atoms with Crippen LogP contribution in [0, 0.1) is 5.92 Å². The predicted molar refractivity (Wildman–Crippen MR) is 110 cm³/mol. The number of H-pyrrole nitrogens is 1. The summed E-state index contributed by atoms with van der Waals surface area (Å²) in [5.74, 6) is 1.70. The minimum atomic E-state index is 0.214. The zero-order valence-electron chi connectivity index (χ0n) is 16.3. The van der Waals surface area contributed by atoms with Gasteiger partial charge in [-0.3, -0.25) is 14.7 Å². The Balaban J connectivity index is 1.31. The van der Waals surface area contributed by atoms with E-state index in [2.05, 4.69) is 20.9 Å². The van der Waals surface area contributed by atoms with Gasteiger partial charge in [0, 0.05) is 38.4 Å². The van der Waals surface area contributed by atoms with Crippen LogP contribution in [0.5, 0.6) is 0 Å². The smallest absolute Gasteiger partial charge is 0.236 e. The summed E-state index contributed by atoms with van der Waals surface area (Å²) in [7, 11) is 1.99. The number of rotatable bonds is 6. The molecule has 0 unspecified atom stereocenters. The quantitative estimate of drug-likeness (QED) is 0.717. The number of amides is 1. The summed E-state index contributed by atoms with van der Waals surface area (Å²) in [5, 5.41) is 0. The molecule has 3 aromatic rings. The molecular formula is C22H27N5O. The Morgan fingerprint density at radius 3 is 2.89 bits per heavy atom. The molecule has 1 fully saturated rings. The van der Waals surface area contributed by atoms with E-state index in [0.717, 1.165) is 55.8 Å². The fourth-order valence-corrected chi connectivity index (χ4v) is 4.02. The third kappa shape index (κ3) is 4.57. The summed E-state index contributed by atoms with van der Waals surface area (Å²) in [6.45, 7) is 2.88. The summed E-state index contributed by atoms with van der Waals surface area (Å²) in [5.41, 5.74) is 3.27. The van der Waals surface area contributed by atoms with Crippen LogP contribution in [0.3, 0.4) is 0 Å². The number of piperidine rings is 1. The molecule has 3 heterocycles. The summed E-state index contributed by atoms with van der Waals surface area (Å²) >= 11 is 0. The van der Waals surface area contributed by atoms with Gasteiger partial charge in [0.2, 0.25) is 5.91 Å². The average Bonchev–Trinajstić information content (AvgIpc) is 3.11. The van der Waals surface area contributed by atoms with Gasteiger partial charge >= 0.3 is 0 Å². The molecule has 0 radical (unpaired) electrons. The lowest BCUT2D eigenvalue weighted by Crippen LogP contribution is -2.44. The van der Waals surface area contributed by atoms with Gasteiger partial charge in [-0.2, -0.15) is 0 Å². The zero-order chi connectivity index (χ0) is 19.3. The van der Waals surface area contributed by atoms with Crippen LogP contribution >= 0.6 is 0 Å².